The van der Waals surface area contributed by atoms with Gasteiger partial charge < -0.3 is 0 Å². The highest BCUT2D eigenvalue weighted by Crippen LogP contribution is 2.32. The molecule has 0 aromatic heterocycles. The van der Waals surface area contributed by atoms with Gasteiger partial charge in [-0.05, 0) is 18.2 Å². The van der Waals surface area contributed by atoms with Gasteiger partial charge in [-0.15, -0.1) is 11.8 Å². The molecule has 0 bridgehead atoms. The Morgan fingerprint density at radius 1 is 1.19 bits per heavy atom. The third-order valence-electron chi connectivity index (χ3n) is 2.33. The lowest BCUT2D eigenvalue weighted by molar-refractivity contribution is 0.459. The summed E-state index contributed by atoms with van der Waals surface area (Å²) in [5.41, 5.74) is 0.149. The minimum atomic E-state index is -1.13. The van der Waals surface area contributed by atoms with E-state index in [4.69, 9.17) is 0 Å². The number of hydrogen-bond donors (Lipinski definition) is 0. The predicted octanol–water partition coefficient (Wildman–Crippen LogP) is 4.42. The summed E-state index contributed by atoms with van der Waals surface area (Å²) in [6, 6.07) is 0. The Kier molecular flexibility index (Phi) is 4.47. The maximum absolute atomic E-state index is 13.9. The average molecular weight is 246 g/mol. The molecule has 0 heterocycles. The molecule has 0 N–H and O–H groups in total. The van der Waals surface area contributed by atoms with Crippen molar-refractivity contribution in [1.82, 2.24) is 0 Å². The van der Waals surface area contributed by atoms with E-state index in [1.807, 2.05) is 6.92 Å². The van der Waals surface area contributed by atoms with E-state index in [-0.39, 0.29) is 16.0 Å². The van der Waals surface area contributed by atoms with E-state index >= 15 is 0 Å². The summed E-state index contributed by atoms with van der Waals surface area (Å²) in [6.07, 6.45) is 3.72. The standard InChI is InChI=1S/C12H13F3S/c1-4-6-8-7(5-2)9(13)11(15)12(16-3)10(8)14/h5H,2,4,6H2,1,3H3. The van der Waals surface area contributed by atoms with Gasteiger partial charge >= 0.3 is 0 Å². The van der Waals surface area contributed by atoms with E-state index < -0.39 is 17.5 Å². The zero-order valence-electron chi connectivity index (χ0n) is 9.24. The van der Waals surface area contributed by atoms with Crippen molar-refractivity contribution in [3.05, 3.63) is 35.2 Å². The van der Waals surface area contributed by atoms with Crippen LogP contribution in [0, 0.1) is 17.5 Å². The van der Waals surface area contributed by atoms with Gasteiger partial charge in [-0.2, -0.15) is 0 Å². The number of thioether (sulfide) groups is 1. The second-order valence-corrected chi connectivity index (χ2v) is 4.14. The molecule has 88 valence electrons. The molecular weight excluding hydrogens is 233 g/mol. The Morgan fingerprint density at radius 2 is 1.81 bits per heavy atom. The summed E-state index contributed by atoms with van der Waals surface area (Å²) < 4.78 is 40.9. The van der Waals surface area contributed by atoms with Gasteiger partial charge in [-0.3, -0.25) is 0 Å². The molecule has 0 aliphatic carbocycles. The van der Waals surface area contributed by atoms with Gasteiger partial charge in [0.15, 0.2) is 11.6 Å². The molecule has 0 nitrogen and oxygen atoms in total. The lowest BCUT2D eigenvalue weighted by atomic mass is 10.0. The highest BCUT2D eigenvalue weighted by molar-refractivity contribution is 7.98. The molecule has 1 aromatic carbocycles. The summed E-state index contributed by atoms with van der Waals surface area (Å²) in [5, 5.41) is 0. The van der Waals surface area contributed by atoms with Crippen LogP contribution in [-0.2, 0) is 6.42 Å². The Hall–Kier alpha value is -0.900. The minimum absolute atomic E-state index is 0.0605. The first-order valence-electron chi connectivity index (χ1n) is 4.94. The molecule has 0 amide bonds. The molecule has 0 aliphatic rings. The monoisotopic (exact) mass is 246 g/mol. The van der Waals surface area contributed by atoms with Gasteiger partial charge in [-0.1, -0.05) is 26.0 Å². The molecule has 0 spiro atoms. The molecule has 0 saturated carbocycles. The molecule has 0 fully saturated rings. The van der Waals surface area contributed by atoms with Crippen LogP contribution in [0.2, 0.25) is 0 Å². The molecule has 4 heteroatoms. The lowest BCUT2D eigenvalue weighted by Crippen LogP contribution is -2.04. The van der Waals surface area contributed by atoms with E-state index in [1.54, 1.807) is 0 Å². The first-order chi connectivity index (χ1) is 7.58. The van der Waals surface area contributed by atoms with Gasteiger partial charge in [0.05, 0.1) is 4.90 Å². The second kappa shape index (κ2) is 5.43. The zero-order chi connectivity index (χ0) is 12.3. The SMILES string of the molecule is C=Cc1c(F)c(F)c(SC)c(F)c1CCC. The third kappa shape index (κ3) is 2.12. The van der Waals surface area contributed by atoms with Crippen molar-refractivity contribution in [3.63, 3.8) is 0 Å². The minimum Gasteiger partial charge on any atom is -0.205 e. The van der Waals surface area contributed by atoms with Crippen molar-refractivity contribution < 1.29 is 13.2 Å². The molecule has 0 unspecified atom stereocenters. The van der Waals surface area contributed by atoms with Crippen LogP contribution in [0.1, 0.15) is 24.5 Å². The normalized spacial score (nSPS) is 10.6. The summed E-state index contributed by atoms with van der Waals surface area (Å²) in [5.74, 6) is -2.80. The highest BCUT2D eigenvalue weighted by atomic mass is 32.2. The highest BCUT2D eigenvalue weighted by Gasteiger charge is 2.22. The van der Waals surface area contributed by atoms with Crippen molar-refractivity contribution in [2.75, 3.05) is 6.26 Å². The summed E-state index contributed by atoms with van der Waals surface area (Å²) in [7, 11) is 0. The molecule has 0 atom stereocenters. The Morgan fingerprint density at radius 3 is 2.25 bits per heavy atom. The molecule has 1 rings (SSSR count). The summed E-state index contributed by atoms with van der Waals surface area (Å²) in [6.45, 7) is 5.25. The van der Waals surface area contributed by atoms with E-state index in [0.29, 0.717) is 12.8 Å². The summed E-state index contributed by atoms with van der Waals surface area (Å²) in [4.78, 5) is -0.258. The fourth-order valence-electron chi connectivity index (χ4n) is 1.59. The smallest absolute Gasteiger partial charge is 0.175 e. The number of hydrogen-bond acceptors (Lipinski definition) is 1. The predicted molar refractivity (Wildman–Crippen MR) is 62.2 cm³/mol. The van der Waals surface area contributed by atoms with Crippen LogP contribution < -0.4 is 0 Å². The Bertz CT molecular complexity index is 413. The second-order valence-electron chi connectivity index (χ2n) is 3.32. The van der Waals surface area contributed by atoms with Gasteiger partial charge in [0.1, 0.15) is 5.82 Å². The topological polar surface area (TPSA) is 0 Å². The Labute approximate surface area is 97.6 Å². The molecule has 0 saturated heterocycles. The first-order valence-corrected chi connectivity index (χ1v) is 6.16. The quantitative estimate of drug-likeness (QED) is 0.559. The van der Waals surface area contributed by atoms with Gasteiger partial charge in [0, 0.05) is 5.56 Å². The van der Waals surface area contributed by atoms with Crippen LogP contribution in [0.25, 0.3) is 6.08 Å². The van der Waals surface area contributed by atoms with Crippen molar-refractivity contribution in [1.29, 1.82) is 0 Å². The molecule has 1 aromatic rings. The average Bonchev–Trinajstić information content (AvgIpc) is 2.27. The zero-order valence-corrected chi connectivity index (χ0v) is 10.1. The van der Waals surface area contributed by atoms with Crippen LogP contribution >= 0.6 is 11.8 Å². The summed E-state index contributed by atoms with van der Waals surface area (Å²) >= 11 is 0.871. The molecule has 0 aliphatic heterocycles. The third-order valence-corrected chi connectivity index (χ3v) is 3.09. The van der Waals surface area contributed by atoms with E-state index in [9.17, 15) is 13.2 Å². The molecule has 16 heavy (non-hydrogen) atoms. The van der Waals surface area contributed by atoms with Gasteiger partial charge in [-0.25, -0.2) is 13.2 Å². The maximum atomic E-state index is 13.9. The van der Waals surface area contributed by atoms with Gasteiger partial charge in [0.2, 0.25) is 0 Å². The van der Waals surface area contributed by atoms with E-state index in [1.165, 1.54) is 6.26 Å². The molecular formula is C12H13F3S. The Balaban J connectivity index is 3.56. The lowest BCUT2D eigenvalue weighted by Gasteiger charge is -2.12. The molecule has 0 radical (unpaired) electrons. The van der Waals surface area contributed by atoms with Crippen molar-refractivity contribution in [3.8, 4) is 0 Å². The van der Waals surface area contributed by atoms with Crippen LogP contribution in [0.5, 0.6) is 0 Å². The van der Waals surface area contributed by atoms with Crippen LogP contribution in [0.4, 0.5) is 13.2 Å². The van der Waals surface area contributed by atoms with Gasteiger partial charge in [0.25, 0.3) is 0 Å². The number of rotatable bonds is 4. The fraction of sp³-hybridized carbons (Fsp3) is 0.333. The van der Waals surface area contributed by atoms with E-state index in [0.717, 1.165) is 17.8 Å². The van der Waals surface area contributed by atoms with Crippen molar-refractivity contribution >= 4 is 17.8 Å². The van der Waals surface area contributed by atoms with Crippen LogP contribution in [0.15, 0.2) is 11.5 Å². The maximum Gasteiger partial charge on any atom is 0.175 e. The van der Waals surface area contributed by atoms with Crippen molar-refractivity contribution in [2.45, 2.75) is 24.7 Å². The fourth-order valence-corrected chi connectivity index (χ4v) is 2.16. The van der Waals surface area contributed by atoms with Crippen LogP contribution in [-0.4, -0.2) is 6.26 Å². The number of benzene rings is 1. The van der Waals surface area contributed by atoms with E-state index in [2.05, 4.69) is 6.58 Å². The van der Waals surface area contributed by atoms with Crippen LogP contribution in [0.3, 0.4) is 0 Å². The first kappa shape index (κ1) is 13.2. The number of halogens is 3. The van der Waals surface area contributed by atoms with Crippen molar-refractivity contribution in [2.24, 2.45) is 0 Å². The largest absolute Gasteiger partial charge is 0.205 e.